The first kappa shape index (κ1) is 13.9. The molecule has 3 aromatic rings. The van der Waals surface area contributed by atoms with Crippen LogP contribution in [0, 0.1) is 13.8 Å². The second-order valence-electron chi connectivity index (χ2n) is 6.24. The maximum atomic E-state index is 12.9. The molecule has 0 aliphatic carbocycles. The Morgan fingerprint density at radius 1 is 1.04 bits per heavy atom. The van der Waals surface area contributed by atoms with Crippen LogP contribution in [-0.4, -0.2) is 17.4 Å². The molecule has 0 N–H and O–H groups in total. The van der Waals surface area contributed by atoms with E-state index in [1.165, 1.54) is 5.56 Å². The van der Waals surface area contributed by atoms with Crippen molar-refractivity contribution in [3.8, 4) is 0 Å². The van der Waals surface area contributed by atoms with Crippen molar-refractivity contribution < 1.29 is 4.79 Å². The molecule has 2 heterocycles. The Morgan fingerprint density at radius 2 is 1.87 bits per heavy atom. The largest absolute Gasteiger partial charge is 0.292 e. The smallest absolute Gasteiger partial charge is 0.259 e. The number of amides is 1. The van der Waals surface area contributed by atoms with E-state index in [0.717, 1.165) is 39.8 Å². The third-order valence-electron chi connectivity index (χ3n) is 4.40. The lowest BCUT2D eigenvalue weighted by atomic mass is 10.1. The van der Waals surface area contributed by atoms with Gasteiger partial charge in [0.15, 0.2) is 0 Å². The zero-order valence-corrected chi connectivity index (χ0v) is 13.3. The van der Waals surface area contributed by atoms with Gasteiger partial charge in [0.1, 0.15) is 5.82 Å². The van der Waals surface area contributed by atoms with E-state index in [4.69, 9.17) is 4.98 Å². The number of nitrogens with zero attached hydrogens (tertiary/aromatic N) is 2. The van der Waals surface area contributed by atoms with Gasteiger partial charge in [-0.2, -0.15) is 0 Å². The van der Waals surface area contributed by atoms with Crippen LogP contribution in [0.5, 0.6) is 0 Å². The van der Waals surface area contributed by atoms with Crippen molar-refractivity contribution in [2.45, 2.75) is 20.3 Å². The van der Waals surface area contributed by atoms with E-state index < -0.39 is 0 Å². The van der Waals surface area contributed by atoms with Gasteiger partial charge in [0.25, 0.3) is 5.91 Å². The standard InChI is InChI=1S/C20H18N2O/c1-13-4-3-5-17(10-13)20(23)22-9-8-16-12-15-7-6-14(2)11-18(15)21-19(16)22/h3-7,10-12H,8-9H2,1-2H3. The third kappa shape index (κ3) is 2.38. The average Bonchev–Trinajstić information content (AvgIpc) is 2.94. The van der Waals surface area contributed by atoms with Gasteiger partial charge in [0.2, 0.25) is 0 Å². The van der Waals surface area contributed by atoms with Gasteiger partial charge >= 0.3 is 0 Å². The van der Waals surface area contributed by atoms with E-state index >= 15 is 0 Å². The topological polar surface area (TPSA) is 33.2 Å². The fourth-order valence-corrected chi connectivity index (χ4v) is 3.20. The molecule has 114 valence electrons. The van der Waals surface area contributed by atoms with E-state index in [-0.39, 0.29) is 5.91 Å². The predicted octanol–water partition coefficient (Wildman–Crippen LogP) is 4.05. The number of aromatic nitrogens is 1. The van der Waals surface area contributed by atoms with Crippen molar-refractivity contribution in [2.75, 3.05) is 11.4 Å². The van der Waals surface area contributed by atoms with Crippen LogP contribution in [0.2, 0.25) is 0 Å². The molecule has 1 aliphatic rings. The molecule has 0 spiro atoms. The number of anilines is 1. The minimum absolute atomic E-state index is 0.0342. The van der Waals surface area contributed by atoms with Gasteiger partial charge in [0, 0.05) is 17.5 Å². The van der Waals surface area contributed by atoms with E-state index in [2.05, 4.69) is 31.2 Å². The summed E-state index contributed by atoms with van der Waals surface area (Å²) in [6.07, 6.45) is 0.865. The summed E-state index contributed by atoms with van der Waals surface area (Å²) in [5.41, 5.74) is 5.11. The Balaban J connectivity index is 1.78. The molecule has 0 bridgehead atoms. The molecule has 23 heavy (non-hydrogen) atoms. The molecule has 1 aliphatic heterocycles. The van der Waals surface area contributed by atoms with Crippen LogP contribution < -0.4 is 4.90 Å². The minimum Gasteiger partial charge on any atom is -0.292 e. The molecule has 3 heteroatoms. The summed E-state index contributed by atoms with van der Waals surface area (Å²) in [5.74, 6) is 0.849. The molecule has 0 saturated carbocycles. The fourth-order valence-electron chi connectivity index (χ4n) is 3.20. The van der Waals surface area contributed by atoms with E-state index in [1.807, 2.05) is 36.1 Å². The lowest BCUT2D eigenvalue weighted by Gasteiger charge is -2.17. The molecule has 0 atom stereocenters. The first-order chi connectivity index (χ1) is 11.1. The van der Waals surface area contributed by atoms with Gasteiger partial charge < -0.3 is 0 Å². The van der Waals surface area contributed by atoms with Gasteiger partial charge in [-0.1, -0.05) is 29.8 Å². The Kier molecular flexibility index (Phi) is 3.15. The van der Waals surface area contributed by atoms with Gasteiger partial charge in [0.05, 0.1) is 5.52 Å². The number of benzene rings is 2. The van der Waals surface area contributed by atoms with Crippen LogP contribution in [0.1, 0.15) is 27.0 Å². The quantitative estimate of drug-likeness (QED) is 0.679. The molecule has 0 radical (unpaired) electrons. The zero-order chi connectivity index (χ0) is 16.0. The number of aryl methyl sites for hydroxylation is 2. The molecular formula is C20H18N2O. The Labute approximate surface area is 135 Å². The van der Waals surface area contributed by atoms with Gasteiger partial charge in [-0.25, -0.2) is 4.98 Å². The van der Waals surface area contributed by atoms with Crippen LogP contribution >= 0.6 is 0 Å². The number of carbonyl (C=O) groups is 1. The number of fused-ring (bicyclic) bond motifs is 2. The molecular weight excluding hydrogens is 284 g/mol. The summed E-state index contributed by atoms with van der Waals surface area (Å²) < 4.78 is 0. The summed E-state index contributed by atoms with van der Waals surface area (Å²) in [5, 5.41) is 1.14. The van der Waals surface area contributed by atoms with Crippen LogP contribution in [0.3, 0.4) is 0 Å². The predicted molar refractivity (Wildman–Crippen MR) is 93.0 cm³/mol. The number of hydrogen-bond donors (Lipinski definition) is 0. The molecule has 0 unspecified atom stereocenters. The van der Waals surface area contributed by atoms with Crippen molar-refractivity contribution in [1.82, 2.24) is 4.98 Å². The number of rotatable bonds is 1. The second kappa shape index (κ2) is 5.20. The van der Waals surface area contributed by atoms with Crippen LogP contribution in [0.25, 0.3) is 10.9 Å². The van der Waals surface area contributed by atoms with Crippen molar-refractivity contribution in [3.63, 3.8) is 0 Å². The highest BCUT2D eigenvalue weighted by Gasteiger charge is 2.27. The summed E-state index contributed by atoms with van der Waals surface area (Å²) in [6, 6.07) is 16.2. The molecule has 0 saturated heterocycles. The van der Waals surface area contributed by atoms with Crippen molar-refractivity contribution in [1.29, 1.82) is 0 Å². The maximum absolute atomic E-state index is 12.9. The first-order valence-electron chi connectivity index (χ1n) is 7.91. The number of carbonyl (C=O) groups excluding carboxylic acids is 1. The normalized spacial score (nSPS) is 13.4. The fraction of sp³-hybridized carbons (Fsp3) is 0.200. The van der Waals surface area contributed by atoms with Gasteiger partial charge in [-0.3, -0.25) is 9.69 Å². The van der Waals surface area contributed by atoms with Crippen LogP contribution in [0.15, 0.2) is 48.5 Å². The maximum Gasteiger partial charge on any atom is 0.259 e. The summed E-state index contributed by atoms with van der Waals surface area (Å²) in [6.45, 7) is 4.76. The molecule has 2 aromatic carbocycles. The van der Waals surface area contributed by atoms with E-state index in [9.17, 15) is 4.79 Å². The first-order valence-corrected chi connectivity index (χ1v) is 7.91. The Bertz CT molecular complexity index is 930. The average molecular weight is 302 g/mol. The lowest BCUT2D eigenvalue weighted by Crippen LogP contribution is -2.29. The number of hydrogen-bond acceptors (Lipinski definition) is 2. The molecule has 1 aromatic heterocycles. The summed E-state index contributed by atoms with van der Waals surface area (Å²) in [7, 11) is 0. The number of pyridine rings is 1. The summed E-state index contributed by atoms with van der Waals surface area (Å²) >= 11 is 0. The molecule has 3 nitrogen and oxygen atoms in total. The zero-order valence-electron chi connectivity index (χ0n) is 13.3. The second-order valence-corrected chi connectivity index (χ2v) is 6.24. The van der Waals surface area contributed by atoms with Crippen molar-refractivity contribution in [3.05, 3.63) is 70.8 Å². The minimum atomic E-state index is 0.0342. The summed E-state index contributed by atoms with van der Waals surface area (Å²) in [4.78, 5) is 19.4. The van der Waals surface area contributed by atoms with Crippen molar-refractivity contribution >= 4 is 22.6 Å². The highest BCUT2D eigenvalue weighted by Crippen LogP contribution is 2.30. The van der Waals surface area contributed by atoms with Crippen LogP contribution in [-0.2, 0) is 6.42 Å². The van der Waals surface area contributed by atoms with Gasteiger partial charge in [-0.15, -0.1) is 0 Å². The third-order valence-corrected chi connectivity index (χ3v) is 4.40. The molecule has 4 rings (SSSR count). The molecule has 1 amide bonds. The Hall–Kier alpha value is -2.68. The van der Waals surface area contributed by atoms with Crippen LogP contribution in [0.4, 0.5) is 5.82 Å². The van der Waals surface area contributed by atoms with E-state index in [0.29, 0.717) is 6.54 Å². The Morgan fingerprint density at radius 3 is 2.70 bits per heavy atom. The highest BCUT2D eigenvalue weighted by molar-refractivity contribution is 6.07. The van der Waals surface area contributed by atoms with Gasteiger partial charge in [-0.05, 0) is 55.7 Å². The van der Waals surface area contributed by atoms with Crippen molar-refractivity contribution in [2.24, 2.45) is 0 Å². The lowest BCUT2D eigenvalue weighted by molar-refractivity contribution is 0.0988. The van der Waals surface area contributed by atoms with E-state index in [1.54, 1.807) is 0 Å². The highest BCUT2D eigenvalue weighted by atomic mass is 16.2. The SMILES string of the molecule is Cc1cccc(C(=O)N2CCc3cc4ccc(C)cc4nc32)c1. The monoisotopic (exact) mass is 302 g/mol. The molecule has 0 fully saturated rings.